The third-order valence-electron chi connectivity index (χ3n) is 4.56. The second kappa shape index (κ2) is 7.19. The normalized spacial score (nSPS) is 19.7. The molecule has 0 atom stereocenters. The van der Waals surface area contributed by atoms with Gasteiger partial charge in [-0.05, 0) is 42.7 Å². The summed E-state index contributed by atoms with van der Waals surface area (Å²) in [5, 5.41) is 1.59. The molecule has 4 rings (SSSR count). The van der Waals surface area contributed by atoms with Crippen LogP contribution in [0.5, 0.6) is 0 Å². The monoisotopic (exact) mass is 366 g/mol. The molecule has 0 spiro atoms. The van der Waals surface area contributed by atoms with Crippen molar-refractivity contribution in [2.75, 3.05) is 6.61 Å². The number of aromatic nitrogens is 3. The van der Waals surface area contributed by atoms with E-state index in [1.807, 2.05) is 18.5 Å². The molecule has 27 heavy (non-hydrogen) atoms. The predicted octanol–water partition coefficient (Wildman–Crippen LogP) is 2.04. The molecule has 0 bridgehead atoms. The van der Waals surface area contributed by atoms with Crippen molar-refractivity contribution in [3.8, 4) is 0 Å². The van der Waals surface area contributed by atoms with Crippen LogP contribution in [-0.2, 0) is 16.1 Å². The summed E-state index contributed by atoms with van der Waals surface area (Å²) >= 11 is 0. The van der Waals surface area contributed by atoms with Gasteiger partial charge < -0.3 is 14.3 Å². The van der Waals surface area contributed by atoms with Gasteiger partial charge in [-0.3, -0.25) is 4.79 Å². The lowest BCUT2D eigenvalue weighted by atomic mass is 10.0. The van der Waals surface area contributed by atoms with Gasteiger partial charge in [-0.1, -0.05) is 6.08 Å². The van der Waals surface area contributed by atoms with Gasteiger partial charge in [0.25, 0.3) is 0 Å². The van der Waals surface area contributed by atoms with Gasteiger partial charge in [0.15, 0.2) is 0 Å². The standard InChI is InChI=1S/C20H19FN4O2/c1-2-27-17(26)11-25-12-24-18(13-3-5-14(21)6-4-13)19(25)15-7-9-22-20-16(15)8-10-23-20/h3,5-6,8-10,12,23H,2,4,7,11H2,1H3. The number of H-pyrrole nitrogens is 1. The summed E-state index contributed by atoms with van der Waals surface area (Å²) in [6, 6.07) is 1.97. The molecule has 2 aromatic heterocycles. The Hall–Kier alpha value is -3.22. The number of rotatable bonds is 3. The molecule has 7 heteroatoms. The first-order valence-corrected chi connectivity index (χ1v) is 8.84. The number of aliphatic imine (C=N–C) groups is 1. The summed E-state index contributed by atoms with van der Waals surface area (Å²) in [4.78, 5) is 24.1. The average molecular weight is 366 g/mol. The van der Waals surface area contributed by atoms with E-state index in [1.165, 1.54) is 12.2 Å². The molecular weight excluding hydrogens is 347 g/mol. The zero-order valence-corrected chi connectivity index (χ0v) is 14.9. The fraction of sp³-hybridized carbons (Fsp3) is 0.250. The molecule has 138 valence electrons. The van der Waals surface area contributed by atoms with Gasteiger partial charge in [-0.25, -0.2) is 14.4 Å². The predicted molar refractivity (Wildman–Crippen MR) is 101 cm³/mol. The molecule has 3 heterocycles. The number of imidazole rings is 1. The SMILES string of the molecule is CCOC(=O)Cn1cnc(=C2C=CC(F)=CC2)c1=C1CC=Nc2[nH]ccc21. The van der Waals surface area contributed by atoms with Crippen molar-refractivity contribution in [3.05, 3.63) is 58.9 Å². The van der Waals surface area contributed by atoms with Crippen molar-refractivity contribution >= 4 is 29.1 Å². The van der Waals surface area contributed by atoms with Crippen LogP contribution in [0.3, 0.4) is 0 Å². The van der Waals surface area contributed by atoms with Crippen molar-refractivity contribution in [1.82, 2.24) is 14.5 Å². The maximum absolute atomic E-state index is 13.4. The highest BCUT2D eigenvalue weighted by Gasteiger charge is 2.18. The number of hydrogen-bond acceptors (Lipinski definition) is 4. The molecule has 0 radical (unpaired) electrons. The lowest BCUT2D eigenvalue weighted by molar-refractivity contribution is -0.143. The average Bonchev–Trinajstić information content (AvgIpc) is 3.29. The summed E-state index contributed by atoms with van der Waals surface area (Å²) in [5.74, 6) is 0.204. The minimum atomic E-state index is -0.322. The van der Waals surface area contributed by atoms with Crippen LogP contribution >= 0.6 is 0 Å². The van der Waals surface area contributed by atoms with Gasteiger partial charge in [0.2, 0.25) is 0 Å². The Morgan fingerprint density at radius 1 is 1.37 bits per heavy atom. The first kappa shape index (κ1) is 17.2. The molecule has 0 saturated heterocycles. The number of nitrogens with zero attached hydrogens (tertiary/aromatic N) is 3. The van der Waals surface area contributed by atoms with E-state index in [0.29, 0.717) is 19.4 Å². The number of hydrogen-bond donors (Lipinski definition) is 1. The number of fused-ring (bicyclic) bond motifs is 1. The van der Waals surface area contributed by atoms with Crippen LogP contribution in [0.4, 0.5) is 10.2 Å². The third-order valence-corrected chi connectivity index (χ3v) is 4.56. The zero-order valence-electron chi connectivity index (χ0n) is 14.9. The number of allylic oxidation sites excluding steroid dienone is 4. The molecule has 0 saturated carbocycles. The van der Waals surface area contributed by atoms with Crippen LogP contribution in [0.25, 0.3) is 11.1 Å². The summed E-state index contributed by atoms with van der Waals surface area (Å²) in [6.45, 7) is 2.17. The number of halogens is 1. The maximum atomic E-state index is 13.4. The van der Waals surface area contributed by atoms with Crippen LogP contribution < -0.4 is 10.7 Å². The molecule has 0 unspecified atom stereocenters. The summed E-state index contributed by atoms with van der Waals surface area (Å²) in [5.41, 5.74) is 2.90. The van der Waals surface area contributed by atoms with Crippen LogP contribution in [0, 0.1) is 0 Å². The molecule has 0 amide bonds. The minimum Gasteiger partial charge on any atom is -0.465 e. The first-order chi connectivity index (χ1) is 13.2. The van der Waals surface area contributed by atoms with Crippen molar-refractivity contribution in [2.45, 2.75) is 26.3 Å². The van der Waals surface area contributed by atoms with Gasteiger partial charge >= 0.3 is 5.97 Å². The van der Waals surface area contributed by atoms with Gasteiger partial charge in [-0.15, -0.1) is 0 Å². The Balaban J connectivity index is 1.96. The quantitative estimate of drug-likeness (QED) is 0.845. The highest BCUT2D eigenvalue weighted by atomic mass is 19.1. The topological polar surface area (TPSA) is 72.3 Å². The van der Waals surface area contributed by atoms with Crippen LogP contribution in [-0.4, -0.2) is 33.3 Å². The second-order valence-corrected chi connectivity index (χ2v) is 6.26. The largest absolute Gasteiger partial charge is 0.465 e. The van der Waals surface area contributed by atoms with E-state index in [4.69, 9.17) is 4.74 Å². The van der Waals surface area contributed by atoms with E-state index in [1.54, 1.807) is 23.9 Å². The number of nitrogens with one attached hydrogen (secondary N) is 1. The number of esters is 1. The minimum absolute atomic E-state index is 0.0672. The maximum Gasteiger partial charge on any atom is 0.325 e. The fourth-order valence-electron chi connectivity index (χ4n) is 3.37. The molecule has 0 fully saturated rings. The highest BCUT2D eigenvalue weighted by molar-refractivity contribution is 5.88. The van der Waals surface area contributed by atoms with Gasteiger partial charge in [0.05, 0.1) is 23.6 Å². The van der Waals surface area contributed by atoms with E-state index in [9.17, 15) is 9.18 Å². The molecule has 1 aliphatic carbocycles. The highest BCUT2D eigenvalue weighted by Crippen LogP contribution is 2.28. The molecule has 6 nitrogen and oxygen atoms in total. The Morgan fingerprint density at radius 3 is 3.04 bits per heavy atom. The van der Waals surface area contributed by atoms with Gasteiger partial charge in [0.1, 0.15) is 18.2 Å². The van der Waals surface area contributed by atoms with E-state index >= 15 is 0 Å². The summed E-state index contributed by atoms with van der Waals surface area (Å²) in [6.07, 6.45) is 11.1. The fourth-order valence-corrected chi connectivity index (χ4v) is 3.37. The molecular formula is C20H19FN4O2. The first-order valence-electron chi connectivity index (χ1n) is 8.84. The number of ether oxygens (including phenoxy) is 1. The molecule has 1 N–H and O–H groups in total. The third kappa shape index (κ3) is 3.28. The van der Waals surface area contributed by atoms with Crippen LogP contribution in [0.1, 0.15) is 25.3 Å². The van der Waals surface area contributed by atoms with Crippen LogP contribution in [0.2, 0.25) is 0 Å². The smallest absolute Gasteiger partial charge is 0.325 e. The van der Waals surface area contributed by atoms with Crippen molar-refractivity contribution < 1.29 is 13.9 Å². The Labute approximate surface area is 155 Å². The van der Waals surface area contributed by atoms with E-state index < -0.39 is 0 Å². The molecule has 1 aliphatic heterocycles. The Bertz CT molecular complexity index is 1100. The summed E-state index contributed by atoms with van der Waals surface area (Å²) in [7, 11) is 0. The summed E-state index contributed by atoms with van der Waals surface area (Å²) < 4.78 is 20.3. The lowest BCUT2D eigenvalue weighted by Crippen LogP contribution is -2.36. The van der Waals surface area contributed by atoms with E-state index in [2.05, 4.69) is 15.0 Å². The van der Waals surface area contributed by atoms with E-state index in [0.717, 1.165) is 33.2 Å². The number of carbonyl (C=O) groups is 1. The molecule has 0 aromatic carbocycles. The lowest BCUT2D eigenvalue weighted by Gasteiger charge is -2.11. The Kier molecular flexibility index (Phi) is 4.58. The van der Waals surface area contributed by atoms with Crippen molar-refractivity contribution in [1.29, 1.82) is 0 Å². The van der Waals surface area contributed by atoms with Gasteiger partial charge in [0, 0.05) is 24.4 Å². The molecule has 2 aromatic rings. The second-order valence-electron chi connectivity index (χ2n) is 6.26. The zero-order chi connectivity index (χ0) is 18.8. The van der Waals surface area contributed by atoms with Crippen molar-refractivity contribution in [3.63, 3.8) is 0 Å². The van der Waals surface area contributed by atoms with Gasteiger partial charge in [-0.2, -0.15) is 0 Å². The van der Waals surface area contributed by atoms with Crippen molar-refractivity contribution in [2.24, 2.45) is 4.99 Å². The number of carbonyl (C=O) groups excluding carboxylic acids is 1. The van der Waals surface area contributed by atoms with E-state index in [-0.39, 0.29) is 18.3 Å². The molecule has 2 aliphatic rings. The van der Waals surface area contributed by atoms with Crippen LogP contribution in [0.15, 0.2) is 47.6 Å². The Morgan fingerprint density at radius 2 is 2.26 bits per heavy atom. The number of aromatic amines is 1.